The van der Waals surface area contributed by atoms with Crippen molar-refractivity contribution in [2.24, 2.45) is 5.73 Å². The van der Waals surface area contributed by atoms with E-state index in [-0.39, 0.29) is 18.3 Å². The first kappa shape index (κ1) is 10.6. The van der Waals surface area contributed by atoms with Crippen molar-refractivity contribution in [3.05, 3.63) is 41.6 Å². The Labute approximate surface area is 88.4 Å². The molecular weight excluding hydrogens is 200 g/mol. The van der Waals surface area contributed by atoms with Crippen molar-refractivity contribution in [1.29, 1.82) is 0 Å². The summed E-state index contributed by atoms with van der Waals surface area (Å²) in [7, 11) is 0. The molecule has 0 spiro atoms. The van der Waals surface area contributed by atoms with Gasteiger partial charge >= 0.3 is 0 Å². The van der Waals surface area contributed by atoms with Gasteiger partial charge in [0, 0.05) is 23.9 Å². The average Bonchev–Trinajstić information content (AvgIpc) is 2.17. The lowest BCUT2D eigenvalue weighted by Crippen LogP contribution is -2.19. The molecule has 0 aromatic heterocycles. The maximum atomic E-state index is 10.9. The normalized spacial score (nSPS) is 13.0. The number of halogens is 1. The maximum absolute atomic E-state index is 10.9. The summed E-state index contributed by atoms with van der Waals surface area (Å²) in [5, 5.41) is 3.03. The first-order chi connectivity index (χ1) is 6.27. The monoisotopic (exact) mass is 210 g/mol. The predicted octanol–water partition coefficient (Wildman–Crippen LogP) is 1.45. The molecule has 0 bridgehead atoms. The summed E-state index contributed by atoms with van der Waals surface area (Å²) in [6.45, 7) is 0. The summed E-state index contributed by atoms with van der Waals surface area (Å²) < 4.78 is 0. The second-order valence-electron chi connectivity index (χ2n) is 3.01. The zero-order valence-electron chi connectivity index (χ0n) is 7.49. The minimum absolute atomic E-state index is 0. The number of rotatable bonds is 1. The highest BCUT2D eigenvalue weighted by atomic mass is 35.5. The average molecular weight is 211 g/mol. The van der Waals surface area contributed by atoms with E-state index in [4.69, 9.17) is 5.73 Å². The van der Waals surface area contributed by atoms with Crippen molar-refractivity contribution >= 4 is 24.0 Å². The van der Waals surface area contributed by atoms with E-state index in [0.29, 0.717) is 12.0 Å². The molecule has 0 radical (unpaired) electrons. The van der Waals surface area contributed by atoms with Gasteiger partial charge in [-0.2, -0.15) is 0 Å². The molecule has 2 rings (SSSR count). The Balaban J connectivity index is 0.000000980. The van der Waals surface area contributed by atoms with Gasteiger partial charge in [-0.05, 0) is 11.6 Å². The van der Waals surface area contributed by atoms with Gasteiger partial charge in [0.05, 0.1) is 0 Å². The Morgan fingerprint density at radius 2 is 2.07 bits per heavy atom. The Hall–Kier alpha value is -1.48. The van der Waals surface area contributed by atoms with Crippen LogP contribution < -0.4 is 11.1 Å². The van der Waals surface area contributed by atoms with Crippen molar-refractivity contribution < 1.29 is 4.79 Å². The van der Waals surface area contributed by atoms with Crippen molar-refractivity contribution in [2.75, 3.05) is 5.32 Å². The minimum atomic E-state index is -0.359. The second kappa shape index (κ2) is 4.15. The zero-order valence-corrected chi connectivity index (χ0v) is 8.30. The molecule has 14 heavy (non-hydrogen) atoms. The molecule has 3 nitrogen and oxygen atoms in total. The van der Waals surface area contributed by atoms with E-state index in [0.717, 1.165) is 11.3 Å². The van der Waals surface area contributed by atoms with Gasteiger partial charge in [-0.3, -0.25) is 4.79 Å². The van der Waals surface area contributed by atoms with Crippen LogP contribution in [0, 0.1) is 0 Å². The highest BCUT2D eigenvalue weighted by Crippen LogP contribution is 2.22. The third-order valence-corrected chi connectivity index (χ3v) is 2.12. The molecule has 1 aromatic rings. The molecule has 0 aliphatic carbocycles. The number of fused-ring (bicyclic) bond motifs is 1. The van der Waals surface area contributed by atoms with Gasteiger partial charge in [0.2, 0.25) is 5.91 Å². The largest absolute Gasteiger partial charge is 0.366 e. The lowest BCUT2D eigenvalue weighted by Gasteiger charge is -2.15. The molecule has 1 aliphatic rings. The van der Waals surface area contributed by atoms with Gasteiger partial charge in [-0.1, -0.05) is 18.2 Å². The number of primary amides is 1. The third kappa shape index (κ3) is 1.88. The number of nitrogens with one attached hydrogen (secondary N) is 1. The van der Waals surface area contributed by atoms with Gasteiger partial charge in [-0.25, -0.2) is 0 Å². The van der Waals surface area contributed by atoms with Gasteiger partial charge in [0.15, 0.2) is 0 Å². The first-order valence-electron chi connectivity index (χ1n) is 4.10. The lowest BCUT2D eigenvalue weighted by molar-refractivity contribution is -0.114. The fraction of sp³-hybridized carbons (Fsp3) is 0.100. The molecule has 0 atom stereocenters. The maximum Gasteiger partial charge on any atom is 0.246 e. The lowest BCUT2D eigenvalue weighted by atomic mass is 10.0. The molecule has 3 N–H and O–H groups in total. The van der Waals surface area contributed by atoms with E-state index < -0.39 is 0 Å². The fourth-order valence-corrected chi connectivity index (χ4v) is 1.39. The van der Waals surface area contributed by atoms with Crippen molar-refractivity contribution in [1.82, 2.24) is 0 Å². The summed E-state index contributed by atoms with van der Waals surface area (Å²) in [5.41, 5.74) is 7.96. The Bertz CT molecular complexity index is 387. The first-order valence-corrected chi connectivity index (χ1v) is 4.10. The van der Waals surface area contributed by atoms with E-state index in [1.54, 1.807) is 6.20 Å². The second-order valence-corrected chi connectivity index (χ2v) is 3.01. The van der Waals surface area contributed by atoms with E-state index in [1.807, 2.05) is 24.3 Å². The number of carbonyl (C=O) groups is 1. The molecule has 4 heteroatoms. The summed E-state index contributed by atoms with van der Waals surface area (Å²) in [6.07, 6.45) is 2.29. The van der Waals surface area contributed by atoms with Gasteiger partial charge in [0.25, 0.3) is 0 Å². The van der Waals surface area contributed by atoms with Crippen molar-refractivity contribution in [2.45, 2.75) is 6.42 Å². The Morgan fingerprint density at radius 1 is 1.36 bits per heavy atom. The molecule has 0 saturated carbocycles. The standard InChI is InChI=1S/C10H10N2O.ClH/c11-10(13)8-5-7-3-1-2-4-9(7)12-6-8;/h1-4,6,12H,5H2,(H2,11,13);1H. The van der Waals surface area contributed by atoms with Gasteiger partial charge in [0.1, 0.15) is 0 Å². The highest BCUT2D eigenvalue weighted by Gasteiger charge is 2.12. The molecule has 1 heterocycles. The Kier molecular flexibility index (Phi) is 3.14. The van der Waals surface area contributed by atoms with Gasteiger partial charge in [-0.15, -0.1) is 12.4 Å². The number of anilines is 1. The predicted molar refractivity (Wildman–Crippen MR) is 58.3 cm³/mol. The van der Waals surface area contributed by atoms with Gasteiger partial charge < -0.3 is 11.1 Å². The van der Waals surface area contributed by atoms with E-state index >= 15 is 0 Å². The van der Waals surface area contributed by atoms with Crippen LogP contribution in [0.15, 0.2) is 36.0 Å². The molecule has 0 fully saturated rings. The summed E-state index contributed by atoms with van der Waals surface area (Å²) >= 11 is 0. The van der Waals surface area contributed by atoms with E-state index in [2.05, 4.69) is 5.32 Å². The van der Waals surface area contributed by atoms with Crippen molar-refractivity contribution in [3.8, 4) is 0 Å². The number of hydrogen-bond donors (Lipinski definition) is 2. The number of nitrogens with two attached hydrogens (primary N) is 1. The van der Waals surface area contributed by atoms with Crippen molar-refractivity contribution in [3.63, 3.8) is 0 Å². The summed E-state index contributed by atoms with van der Waals surface area (Å²) in [6, 6.07) is 7.86. The zero-order chi connectivity index (χ0) is 9.26. The van der Waals surface area contributed by atoms with Crippen LogP contribution >= 0.6 is 12.4 Å². The molecular formula is C10H11ClN2O. The fourth-order valence-electron chi connectivity index (χ4n) is 1.39. The quantitative estimate of drug-likeness (QED) is 0.737. The SMILES string of the molecule is Cl.NC(=O)C1=CNc2ccccc2C1. The molecule has 0 saturated heterocycles. The number of amides is 1. The topological polar surface area (TPSA) is 55.1 Å². The number of hydrogen-bond acceptors (Lipinski definition) is 2. The Morgan fingerprint density at radius 3 is 2.79 bits per heavy atom. The number of para-hydroxylation sites is 1. The van der Waals surface area contributed by atoms with Crippen LogP contribution in [-0.2, 0) is 11.2 Å². The molecule has 0 unspecified atom stereocenters. The van der Waals surface area contributed by atoms with Crippen LogP contribution in [0.1, 0.15) is 5.56 Å². The molecule has 1 amide bonds. The molecule has 1 aliphatic heterocycles. The summed E-state index contributed by atoms with van der Waals surface area (Å²) in [5.74, 6) is -0.359. The van der Waals surface area contributed by atoms with E-state index in [9.17, 15) is 4.79 Å². The minimum Gasteiger partial charge on any atom is -0.366 e. The highest BCUT2D eigenvalue weighted by molar-refractivity contribution is 5.93. The van der Waals surface area contributed by atoms with Crippen LogP contribution in [0.4, 0.5) is 5.69 Å². The smallest absolute Gasteiger partial charge is 0.246 e. The van der Waals surface area contributed by atoms with Crippen LogP contribution in [0.25, 0.3) is 0 Å². The third-order valence-electron chi connectivity index (χ3n) is 2.12. The number of carbonyl (C=O) groups excluding carboxylic acids is 1. The summed E-state index contributed by atoms with van der Waals surface area (Å²) in [4.78, 5) is 10.9. The van der Waals surface area contributed by atoms with E-state index in [1.165, 1.54) is 0 Å². The molecule has 74 valence electrons. The van der Waals surface area contributed by atoms with Crippen LogP contribution in [0.3, 0.4) is 0 Å². The number of benzene rings is 1. The van der Waals surface area contributed by atoms with Crippen LogP contribution in [0.5, 0.6) is 0 Å². The van der Waals surface area contributed by atoms with Crippen LogP contribution in [-0.4, -0.2) is 5.91 Å². The van der Waals surface area contributed by atoms with Crippen LogP contribution in [0.2, 0.25) is 0 Å². The molecule has 1 aromatic carbocycles.